The summed E-state index contributed by atoms with van der Waals surface area (Å²) in [6, 6.07) is 176. The number of carbonyl (C=O) groups excluding carboxylic acids is 1. The van der Waals surface area contributed by atoms with Crippen molar-refractivity contribution >= 4 is 128 Å². The van der Waals surface area contributed by atoms with Crippen molar-refractivity contribution in [1.29, 1.82) is 0 Å². The van der Waals surface area contributed by atoms with Crippen LogP contribution < -0.4 is 0 Å². The second-order valence-electron chi connectivity index (χ2n) is 36.8. The first kappa shape index (κ1) is 94.3. The van der Waals surface area contributed by atoms with Crippen molar-refractivity contribution in [2.75, 3.05) is 0 Å². The van der Waals surface area contributed by atoms with Gasteiger partial charge in [-0.3, -0.25) is 0 Å². The first-order chi connectivity index (χ1) is 70.5. The predicted molar refractivity (Wildman–Crippen MR) is 625 cm³/mol. The van der Waals surface area contributed by atoms with E-state index in [4.69, 9.17) is 1.37 Å². The molecule has 0 unspecified atom stereocenters. The fourth-order valence-corrected chi connectivity index (χ4v) is 21.7. The van der Waals surface area contributed by atoms with Crippen LogP contribution in [0, 0.1) is 48.5 Å². The maximum absolute atomic E-state index is 9.62. The third kappa shape index (κ3) is 20.2. The maximum atomic E-state index is 9.62. The SMILES string of the molecule is Cc1ccc(-c2c3ccccc3c(-c3ccccc3)c3ccccc23)cc1-c1cccc(-c2ccc(-c3ccccc3)cc2)c1.Cc1cccc(C)c1-c1c2ccccc2c(-c2cccc(-c3cccc(-c4ccc(-c5ccccc5)cc4)c3)c2)c2ccccc12.Cc1cccc(C)c1-c1c2ccccc2c(Br)c2ccccc12.Cc1cccc(C)c1-c1c2ccccc2cc2ccccc12.[2H]CC(C)=O.[B]=NS. The van der Waals surface area contributed by atoms with Crippen molar-refractivity contribution in [1.82, 2.24) is 0 Å². The van der Waals surface area contributed by atoms with E-state index in [0.29, 0.717) is 0 Å². The van der Waals surface area contributed by atoms with Crippen LogP contribution in [0.5, 0.6) is 0 Å². The number of nitrogens with zero attached hydrogens (tertiary/aromatic N) is 1. The standard InChI is InChI=1S/C46H34.C45H32.C22H17Br.C22H18.C3H6O.BHNS/c1-31-13-10-14-32(2)44(31)46-42-23-8-6-21-40(42)45(41-22-7-9-24-43(41)46)39-20-12-19-38(30-39)37-18-11-17-36(29-37)35-27-25-34(26-28-35)33-15-4-3-5-16-33;1-31-23-24-38(30-43(31)37-18-12-17-36(29-37)34-27-25-33(26-28-34)32-13-4-2-5-14-32)45-41-21-10-8-19-39(41)44(35-15-6-3-7-16-35)40-20-9-11-22-42(40)45;1-14-8-7-9-15(2)20(14)21-16-10-3-5-12-18(16)22(23)19-13-6-4-11-17(19)21;1-15-8-7-9-16(2)21(15)22-19-12-5-3-10-17(19)14-18-11-4-6-13-20(18)22;1-3(2)4;1-2-3/h3-30H,1-2H3;2-30H,1H3;3-13H,1-2H3;3-14H,1-2H3;1-2H3;3H/i;;;;1D;. The van der Waals surface area contributed by atoms with Gasteiger partial charge in [-0.15, -0.1) is 0 Å². The molecule has 2 nitrogen and oxygen atoms in total. The average molecular weight is 1920 g/mol. The van der Waals surface area contributed by atoms with Gasteiger partial charge in [-0.1, -0.05) is 455 Å². The zero-order chi connectivity index (χ0) is 99.3. The van der Waals surface area contributed by atoms with Crippen LogP contribution >= 0.6 is 28.7 Å². The van der Waals surface area contributed by atoms with E-state index in [2.05, 4.69) is 574 Å². The minimum atomic E-state index is -0.0833. The summed E-state index contributed by atoms with van der Waals surface area (Å²) in [7, 11) is 4.34. The van der Waals surface area contributed by atoms with Gasteiger partial charge in [-0.05, 0) is 367 Å². The molecule has 687 valence electrons. The second kappa shape index (κ2) is 43.6. The van der Waals surface area contributed by atoms with Gasteiger partial charge in [0.25, 0.3) is 0 Å². The summed E-state index contributed by atoms with van der Waals surface area (Å²) in [4.78, 5) is 9.62. The molecule has 24 aromatic rings. The topological polar surface area (TPSA) is 29.4 Å². The number of carbonyl (C=O) groups is 1. The van der Waals surface area contributed by atoms with Gasteiger partial charge in [0.05, 0.1) is 0 Å². The van der Waals surface area contributed by atoms with Crippen molar-refractivity contribution < 1.29 is 6.17 Å². The Morgan fingerprint density at radius 1 is 0.210 bits per heavy atom. The minimum absolute atomic E-state index is 0.0787. The van der Waals surface area contributed by atoms with Crippen molar-refractivity contribution in [2.45, 2.75) is 62.3 Å². The van der Waals surface area contributed by atoms with Crippen LogP contribution in [0.25, 0.3) is 220 Å². The summed E-state index contributed by atoms with van der Waals surface area (Å²) in [5, 5.41) is 20.7. The van der Waals surface area contributed by atoms with Gasteiger partial charge < -0.3 is 4.79 Å². The second-order valence-corrected chi connectivity index (χ2v) is 37.8. The molecule has 0 N–H and O–H groups in total. The number of rotatable bonds is 12. The zero-order valence-electron chi connectivity index (χ0n) is 82.7. The van der Waals surface area contributed by atoms with Crippen LogP contribution in [0.1, 0.15) is 54.1 Å². The monoisotopic (exact) mass is 1920 g/mol. The number of halogens is 1. The Hall–Kier alpha value is -16.3. The third-order valence-corrected chi connectivity index (χ3v) is 28.3. The fraction of sp³-hybridized carbons (Fsp3) is 0.0652. The van der Waals surface area contributed by atoms with Crippen LogP contribution in [0.15, 0.2) is 494 Å². The quantitative estimate of drug-likeness (QED) is 0.0737. The van der Waals surface area contributed by atoms with E-state index in [1.54, 1.807) is 0 Å². The Labute approximate surface area is 856 Å². The molecule has 0 amide bonds. The molecule has 143 heavy (non-hydrogen) atoms. The molecule has 0 atom stereocenters. The van der Waals surface area contributed by atoms with E-state index in [1.807, 2.05) is 0 Å². The van der Waals surface area contributed by atoms with E-state index >= 15 is 0 Å². The van der Waals surface area contributed by atoms with Crippen molar-refractivity contribution in [3.63, 3.8) is 0 Å². The molecule has 0 saturated carbocycles. The number of benzene rings is 24. The van der Waals surface area contributed by atoms with Crippen LogP contribution in [0.2, 0.25) is 0 Å². The summed E-state index contributed by atoms with van der Waals surface area (Å²) in [6.45, 7) is 16.8. The zero-order valence-corrected chi connectivity index (χ0v) is 84.1. The molecule has 24 rings (SSSR count). The van der Waals surface area contributed by atoms with Gasteiger partial charge in [0.15, 0.2) is 0 Å². The Balaban J connectivity index is 0.000000124. The van der Waals surface area contributed by atoms with E-state index in [1.165, 1.54) is 270 Å². The van der Waals surface area contributed by atoms with E-state index < -0.39 is 0 Å². The Morgan fingerprint density at radius 3 is 0.748 bits per heavy atom. The molecule has 0 fully saturated rings. The molecule has 5 heteroatoms. The summed E-state index contributed by atoms with van der Waals surface area (Å²) in [6.07, 6.45) is 0. The molecule has 1 radical (unpaired) electrons. The van der Waals surface area contributed by atoms with Gasteiger partial charge >= 0.3 is 24.8 Å². The molecule has 0 spiro atoms. The van der Waals surface area contributed by atoms with Crippen LogP contribution in [0.3, 0.4) is 0 Å². The molecular formula is C138H108BBrNOS. The van der Waals surface area contributed by atoms with Crippen LogP contribution in [0.4, 0.5) is 0 Å². The Kier molecular flexibility index (Phi) is 28.8. The van der Waals surface area contributed by atoms with Gasteiger partial charge in [0.1, 0.15) is 5.78 Å². The number of hydrogen-bond donors (Lipinski definition) is 1. The van der Waals surface area contributed by atoms with Crippen molar-refractivity contribution in [3.8, 4) is 134 Å². The molecule has 0 bridgehead atoms. The van der Waals surface area contributed by atoms with E-state index in [0.717, 1.165) is 0 Å². The van der Waals surface area contributed by atoms with Gasteiger partial charge in [0, 0.05) is 5.84 Å². The average Bonchev–Trinajstić information content (AvgIpc) is 0.709. The number of Topliss-reactive ketones (excluding diaryl/α,β-unsaturated/α-hetero) is 1. The van der Waals surface area contributed by atoms with E-state index in [-0.39, 0.29) is 12.7 Å². The first-order valence-electron chi connectivity index (χ1n) is 49.4. The molecule has 0 aromatic heterocycles. The molecule has 0 saturated heterocycles. The summed E-state index contributed by atoms with van der Waals surface area (Å²) >= 11 is 7.02. The predicted octanol–water partition coefficient (Wildman–Crippen LogP) is 39.7. The summed E-state index contributed by atoms with van der Waals surface area (Å²) < 4.78 is 10.2. The number of aryl methyl sites for hydroxylation is 7. The third-order valence-electron chi connectivity index (χ3n) is 27.5. The van der Waals surface area contributed by atoms with Gasteiger partial charge in [0.2, 0.25) is 0 Å². The van der Waals surface area contributed by atoms with Crippen LogP contribution in [-0.2, 0) is 4.79 Å². The van der Waals surface area contributed by atoms with Gasteiger partial charge in [-0.2, -0.15) is 0 Å². The Morgan fingerprint density at radius 2 is 0.413 bits per heavy atom. The number of hydrogen-bond acceptors (Lipinski definition) is 3. The summed E-state index contributed by atoms with van der Waals surface area (Å²) in [5.74, 6) is -0.0787. The number of fused-ring (bicyclic) bond motifs is 8. The summed E-state index contributed by atoms with van der Waals surface area (Å²) in [5.41, 5.74) is 39.6. The van der Waals surface area contributed by atoms with Crippen LogP contribution in [-0.4, -0.2) is 13.4 Å². The fourth-order valence-electron chi connectivity index (χ4n) is 21.0. The van der Waals surface area contributed by atoms with Gasteiger partial charge in [-0.25, -0.2) is 0 Å². The normalized spacial score (nSPS) is 11.0. The molecule has 24 aromatic carbocycles. The molecule has 0 aliphatic rings. The first-order valence-corrected chi connectivity index (χ1v) is 49.9. The number of thiol groups is 1. The molecule has 0 aliphatic heterocycles. The molecule has 0 heterocycles. The number of ketones is 1. The van der Waals surface area contributed by atoms with Crippen molar-refractivity contribution in [3.05, 3.63) is 529 Å². The molecule has 0 aliphatic carbocycles. The van der Waals surface area contributed by atoms with E-state index in [9.17, 15) is 4.79 Å². The molecular weight excluding hydrogens is 1810 g/mol. The van der Waals surface area contributed by atoms with Crippen molar-refractivity contribution in [2.24, 2.45) is 4.30 Å². The Bertz CT molecular complexity index is 8600.